The van der Waals surface area contributed by atoms with Gasteiger partial charge in [0.2, 0.25) is 5.91 Å². The van der Waals surface area contributed by atoms with E-state index in [1.165, 1.54) is 11.8 Å². The van der Waals surface area contributed by atoms with Crippen LogP contribution in [0, 0.1) is 0 Å². The van der Waals surface area contributed by atoms with Gasteiger partial charge in [-0.15, -0.1) is 18.3 Å². The second kappa shape index (κ2) is 6.14. The van der Waals surface area contributed by atoms with Crippen molar-refractivity contribution in [1.29, 1.82) is 0 Å². The van der Waals surface area contributed by atoms with E-state index in [-0.39, 0.29) is 11.7 Å². The first-order valence-corrected chi connectivity index (χ1v) is 5.50. The maximum Gasteiger partial charge on any atom is 0.230 e. The van der Waals surface area contributed by atoms with Crippen molar-refractivity contribution in [2.75, 3.05) is 12.3 Å². The Kier molecular flexibility index (Phi) is 4.77. The van der Waals surface area contributed by atoms with Gasteiger partial charge in [0, 0.05) is 11.4 Å². The monoisotopic (exact) mass is 223 g/mol. The summed E-state index contributed by atoms with van der Waals surface area (Å²) >= 11 is 1.43. The van der Waals surface area contributed by atoms with Crippen LogP contribution in [0.15, 0.2) is 41.8 Å². The molecule has 80 valence electrons. The fraction of sp³-hybridized carbons (Fsp3) is 0.182. The number of hydrogen-bond acceptors (Lipinski definition) is 3. The van der Waals surface area contributed by atoms with Gasteiger partial charge in [-0.05, 0) is 24.3 Å². The van der Waals surface area contributed by atoms with Crippen LogP contribution in [0.4, 0.5) is 0 Å². The van der Waals surface area contributed by atoms with Crippen LogP contribution < -0.4 is 5.32 Å². The topological polar surface area (TPSA) is 49.3 Å². The van der Waals surface area contributed by atoms with Gasteiger partial charge in [-0.1, -0.05) is 6.08 Å². The molecule has 1 rings (SSSR count). The van der Waals surface area contributed by atoms with Gasteiger partial charge < -0.3 is 10.4 Å². The number of carbonyl (C=O) groups is 1. The van der Waals surface area contributed by atoms with E-state index in [4.69, 9.17) is 5.11 Å². The van der Waals surface area contributed by atoms with Crippen LogP contribution in [0.25, 0.3) is 0 Å². The highest BCUT2D eigenvalue weighted by Gasteiger charge is 2.00. The lowest BCUT2D eigenvalue weighted by Crippen LogP contribution is -2.24. The summed E-state index contributed by atoms with van der Waals surface area (Å²) in [6.45, 7) is 4.01. The number of thioether (sulfide) groups is 1. The number of rotatable bonds is 5. The maximum atomic E-state index is 11.2. The van der Waals surface area contributed by atoms with Gasteiger partial charge in [-0.2, -0.15) is 0 Å². The van der Waals surface area contributed by atoms with Crippen molar-refractivity contribution in [2.24, 2.45) is 0 Å². The Morgan fingerprint density at radius 3 is 2.73 bits per heavy atom. The SMILES string of the molecule is C=CCNC(=O)CSc1ccc(O)cc1. The molecule has 4 heteroatoms. The van der Waals surface area contributed by atoms with Crippen molar-refractivity contribution >= 4 is 17.7 Å². The zero-order valence-electron chi connectivity index (χ0n) is 8.27. The smallest absolute Gasteiger partial charge is 0.230 e. The van der Waals surface area contributed by atoms with Crippen molar-refractivity contribution in [1.82, 2.24) is 5.32 Å². The molecule has 0 saturated carbocycles. The van der Waals surface area contributed by atoms with Crippen LogP contribution >= 0.6 is 11.8 Å². The molecule has 0 aliphatic carbocycles. The number of phenols is 1. The highest BCUT2D eigenvalue weighted by atomic mass is 32.2. The van der Waals surface area contributed by atoms with E-state index in [1.807, 2.05) is 0 Å². The summed E-state index contributed by atoms with van der Waals surface area (Å²) < 4.78 is 0. The first-order chi connectivity index (χ1) is 7.22. The van der Waals surface area contributed by atoms with E-state index in [1.54, 1.807) is 30.3 Å². The second-order valence-electron chi connectivity index (χ2n) is 2.88. The normalized spacial score (nSPS) is 9.60. The van der Waals surface area contributed by atoms with Gasteiger partial charge in [0.1, 0.15) is 5.75 Å². The molecule has 3 nitrogen and oxygen atoms in total. The average Bonchev–Trinajstić information content (AvgIpc) is 2.25. The minimum absolute atomic E-state index is 0.0204. The molecule has 0 atom stereocenters. The van der Waals surface area contributed by atoms with Gasteiger partial charge in [0.05, 0.1) is 5.75 Å². The summed E-state index contributed by atoms with van der Waals surface area (Å²) in [4.78, 5) is 12.2. The molecule has 0 radical (unpaired) electrons. The third-order valence-corrected chi connectivity index (χ3v) is 2.66. The van der Waals surface area contributed by atoms with E-state index in [2.05, 4.69) is 11.9 Å². The molecular formula is C11H13NO2S. The second-order valence-corrected chi connectivity index (χ2v) is 3.92. The van der Waals surface area contributed by atoms with Crippen LogP contribution in [0.3, 0.4) is 0 Å². The highest BCUT2D eigenvalue weighted by molar-refractivity contribution is 8.00. The van der Waals surface area contributed by atoms with Gasteiger partial charge in [-0.3, -0.25) is 4.79 Å². The number of amides is 1. The lowest BCUT2D eigenvalue weighted by Gasteiger charge is -2.02. The van der Waals surface area contributed by atoms with Crippen molar-refractivity contribution in [3.05, 3.63) is 36.9 Å². The molecule has 1 aromatic rings. The Labute approximate surface area is 93.2 Å². The third kappa shape index (κ3) is 4.56. The molecule has 1 amide bonds. The standard InChI is InChI=1S/C11H13NO2S/c1-2-7-12-11(14)8-15-10-5-3-9(13)4-6-10/h2-6,13H,1,7-8H2,(H,12,14). The molecular weight excluding hydrogens is 210 g/mol. The van der Waals surface area contributed by atoms with Crippen LogP contribution in [0.5, 0.6) is 5.75 Å². The molecule has 0 aromatic heterocycles. The summed E-state index contributed by atoms with van der Waals surface area (Å²) in [5, 5.41) is 11.7. The van der Waals surface area contributed by atoms with Crippen LogP contribution in [0.1, 0.15) is 0 Å². The van der Waals surface area contributed by atoms with Crippen LogP contribution in [0.2, 0.25) is 0 Å². The number of hydrogen-bond donors (Lipinski definition) is 2. The van der Waals surface area contributed by atoms with Crippen molar-refractivity contribution in [3.8, 4) is 5.75 Å². The van der Waals surface area contributed by atoms with E-state index >= 15 is 0 Å². The number of nitrogens with one attached hydrogen (secondary N) is 1. The van der Waals surface area contributed by atoms with Crippen molar-refractivity contribution < 1.29 is 9.90 Å². The van der Waals surface area contributed by atoms with E-state index < -0.39 is 0 Å². The van der Waals surface area contributed by atoms with Gasteiger partial charge >= 0.3 is 0 Å². The van der Waals surface area contributed by atoms with Gasteiger partial charge in [0.15, 0.2) is 0 Å². The summed E-state index contributed by atoms with van der Waals surface area (Å²) in [6, 6.07) is 6.76. The maximum absolute atomic E-state index is 11.2. The molecule has 2 N–H and O–H groups in total. The lowest BCUT2D eigenvalue weighted by atomic mass is 10.3. The van der Waals surface area contributed by atoms with Crippen molar-refractivity contribution in [2.45, 2.75) is 4.90 Å². The Morgan fingerprint density at radius 2 is 2.13 bits per heavy atom. The predicted molar refractivity (Wildman–Crippen MR) is 62.0 cm³/mol. The molecule has 0 unspecified atom stereocenters. The first kappa shape index (κ1) is 11.7. The molecule has 0 fully saturated rings. The summed E-state index contributed by atoms with van der Waals surface area (Å²) in [5.74, 6) is 0.585. The quantitative estimate of drug-likeness (QED) is 0.591. The Morgan fingerprint density at radius 1 is 1.47 bits per heavy atom. The molecule has 0 saturated heterocycles. The summed E-state index contributed by atoms with van der Waals surface area (Å²) in [7, 11) is 0. The van der Waals surface area contributed by atoms with Gasteiger partial charge in [0.25, 0.3) is 0 Å². The highest BCUT2D eigenvalue weighted by Crippen LogP contribution is 2.20. The first-order valence-electron chi connectivity index (χ1n) is 4.52. The largest absolute Gasteiger partial charge is 0.508 e. The lowest BCUT2D eigenvalue weighted by molar-refractivity contribution is -0.118. The number of aromatic hydroxyl groups is 1. The summed E-state index contributed by atoms with van der Waals surface area (Å²) in [5.41, 5.74) is 0. The summed E-state index contributed by atoms with van der Waals surface area (Å²) in [6.07, 6.45) is 1.64. The zero-order chi connectivity index (χ0) is 11.1. The minimum Gasteiger partial charge on any atom is -0.508 e. The number of benzene rings is 1. The molecule has 15 heavy (non-hydrogen) atoms. The Balaban J connectivity index is 2.33. The molecule has 1 aromatic carbocycles. The fourth-order valence-electron chi connectivity index (χ4n) is 0.928. The Bertz CT molecular complexity index is 335. The van der Waals surface area contributed by atoms with Crippen LogP contribution in [-0.4, -0.2) is 23.3 Å². The molecule has 0 aliphatic heterocycles. The van der Waals surface area contributed by atoms with Crippen LogP contribution in [-0.2, 0) is 4.79 Å². The number of carbonyl (C=O) groups excluding carboxylic acids is 1. The van der Waals surface area contributed by atoms with Gasteiger partial charge in [-0.25, -0.2) is 0 Å². The molecule has 0 spiro atoms. The third-order valence-electron chi connectivity index (χ3n) is 1.65. The van der Waals surface area contributed by atoms with E-state index in [0.717, 1.165) is 4.90 Å². The predicted octanol–water partition coefficient (Wildman–Crippen LogP) is 1.79. The molecule has 0 aliphatic rings. The van der Waals surface area contributed by atoms with E-state index in [0.29, 0.717) is 12.3 Å². The minimum atomic E-state index is -0.0204. The molecule has 0 heterocycles. The fourth-order valence-corrected chi connectivity index (χ4v) is 1.66. The molecule has 0 bridgehead atoms. The van der Waals surface area contributed by atoms with E-state index in [9.17, 15) is 4.79 Å². The average molecular weight is 223 g/mol. The number of phenolic OH excluding ortho intramolecular Hbond substituents is 1. The van der Waals surface area contributed by atoms with Crippen molar-refractivity contribution in [3.63, 3.8) is 0 Å². The zero-order valence-corrected chi connectivity index (χ0v) is 9.09. The Hall–Kier alpha value is -1.42.